The van der Waals surface area contributed by atoms with Gasteiger partial charge in [0.1, 0.15) is 17.7 Å². The third kappa shape index (κ3) is 16.4. The van der Waals surface area contributed by atoms with Gasteiger partial charge in [0, 0.05) is 25.3 Å². The number of nitrogens with two attached hydrogens (primary N) is 1. The molecule has 8 N–H and O–H groups in total. The first-order chi connectivity index (χ1) is 26.7. The van der Waals surface area contributed by atoms with E-state index in [1.165, 1.54) is 5.56 Å². The number of carbonyl (C=O) groups is 6. The van der Waals surface area contributed by atoms with E-state index in [9.17, 15) is 33.9 Å². The molecule has 0 aromatic heterocycles. The Morgan fingerprint density at radius 3 is 2.12 bits per heavy atom. The number of carboxylic acids is 1. The maximum absolute atomic E-state index is 13.8. The monoisotopic (exact) mass is 782 g/mol. The number of unbranched alkanes of at least 4 members (excludes halogenated alkanes) is 2. The van der Waals surface area contributed by atoms with Crippen LogP contribution in [0, 0.1) is 0 Å². The summed E-state index contributed by atoms with van der Waals surface area (Å²) in [5.41, 5.74) is 8.72. The second-order valence-corrected chi connectivity index (χ2v) is 14.6. The zero-order valence-corrected chi connectivity index (χ0v) is 32.8. The number of aryl methyl sites for hydroxylation is 1. The predicted octanol–water partition coefficient (Wildman–Crippen LogP) is 2.77. The lowest BCUT2D eigenvalue weighted by Crippen LogP contribution is -2.61. The molecule has 56 heavy (non-hydrogen) atoms. The molecule has 0 aliphatic carbocycles. The van der Waals surface area contributed by atoms with Gasteiger partial charge in [-0.1, -0.05) is 49.7 Å². The first-order valence-corrected chi connectivity index (χ1v) is 19.2. The van der Waals surface area contributed by atoms with E-state index < -0.39 is 65.6 Å². The molecule has 16 heteroatoms. The zero-order chi connectivity index (χ0) is 41.1. The van der Waals surface area contributed by atoms with E-state index in [0.717, 1.165) is 30.4 Å². The van der Waals surface area contributed by atoms with Crippen molar-refractivity contribution in [2.45, 2.75) is 109 Å². The summed E-state index contributed by atoms with van der Waals surface area (Å²) in [5.74, 6) is -4.39. The van der Waals surface area contributed by atoms with Crippen LogP contribution in [0.15, 0.2) is 48.5 Å². The molecule has 1 aliphatic rings. The van der Waals surface area contributed by atoms with Crippen molar-refractivity contribution >= 4 is 35.7 Å². The van der Waals surface area contributed by atoms with Crippen LogP contribution in [0.1, 0.15) is 88.6 Å². The van der Waals surface area contributed by atoms with Gasteiger partial charge in [-0.2, -0.15) is 0 Å². The largest absolute Gasteiger partial charge is 0.480 e. The number of nitrogens with one attached hydrogen (secondary N) is 5. The zero-order valence-electron chi connectivity index (χ0n) is 32.8. The summed E-state index contributed by atoms with van der Waals surface area (Å²) in [6.07, 6.45) is 3.00. The van der Waals surface area contributed by atoms with Crippen LogP contribution in [0.25, 0.3) is 11.1 Å². The smallest absolute Gasteiger partial charge is 0.407 e. The molecular formula is C40H58N6O10. The van der Waals surface area contributed by atoms with Crippen molar-refractivity contribution in [3.63, 3.8) is 0 Å². The van der Waals surface area contributed by atoms with Gasteiger partial charge in [0.2, 0.25) is 11.8 Å². The Labute approximate surface area is 328 Å². The Morgan fingerprint density at radius 1 is 0.893 bits per heavy atom. The molecule has 1 saturated heterocycles. The number of ether oxygens (including phenoxy) is 3. The first-order valence-electron chi connectivity index (χ1n) is 19.2. The summed E-state index contributed by atoms with van der Waals surface area (Å²) in [7, 11) is 0. The maximum Gasteiger partial charge on any atom is 0.407 e. The Morgan fingerprint density at radius 2 is 1.52 bits per heavy atom. The highest BCUT2D eigenvalue weighted by atomic mass is 16.6. The van der Waals surface area contributed by atoms with E-state index >= 15 is 0 Å². The lowest BCUT2D eigenvalue weighted by molar-refractivity contribution is -0.144. The van der Waals surface area contributed by atoms with Crippen LogP contribution < -0.4 is 32.3 Å². The van der Waals surface area contributed by atoms with Crippen LogP contribution in [-0.4, -0.2) is 104 Å². The van der Waals surface area contributed by atoms with Crippen LogP contribution in [0.5, 0.6) is 0 Å². The van der Waals surface area contributed by atoms with E-state index in [0.29, 0.717) is 31.2 Å². The summed E-state index contributed by atoms with van der Waals surface area (Å²) >= 11 is 0. The highest BCUT2D eigenvalue weighted by Crippen LogP contribution is 2.21. The minimum Gasteiger partial charge on any atom is -0.480 e. The molecular weight excluding hydrogens is 724 g/mol. The highest BCUT2D eigenvalue weighted by molar-refractivity contribution is 5.99. The van der Waals surface area contributed by atoms with Gasteiger partial charge in [0.25, 0.3) is 11.8 Å². The summed E-state index contributed by atoms with van der Waals surface area (Å²) in [5, 5.41) is 22.1. The SMILES string of the molecule is CCCCc1ccc(-c2ccc(C(=O)N[C@@H](CCCCNC(=O)OC(C)(C)C)C(=O)N[C@H]3COCCCCOC[C@@H](C(=O)O)NC(=O)[C@H](N)NC3=O)cc2)cc1. The number of amides is 5. The van der Waals surface area contributed by atoms with Crippen LogP contribution >= 0.6 is 0 Å². The molecule has 5 amide bonds. The van der Waals surface area contributed by atoms with Crippen molar-refractivity contribution in [3.05, 3.63) is 59.7 Å². The Hall–Kier alpha value is -5.06. The highest BCUT2D eigenvalue weighted by Gasteiger charge is 2.31. The van der Waals surface area contributed by atoms with Crippen molar-refractivity contribution in [3.8, 4) is 11.1 Å². The number of carboxylic acid groups (broad SMARTS) is 1. The number of alkyl carbamates (subject to hydrolysis) is 1. The average molecular weight is 783 g/mol. The predicted molar refractivity (Wildman–Crippen MR) is 208 cm³/mol. The third-order valence-electron chi connectivity index (χ3n) is 8.69. The summed E-state index contributed by atoms with van der Waals surface area (Å²) < 4.78 is 16.3. The van der Waals surface area contributed by atoms with Crippen molar-refractivity contribution in [2.75, 3.05) is 33.0 Å². The molecule has 1 heterocycles. The fraction of sp³-hybridized carbons (Fsp3) is 0.550. The number of hydrogen-bond donors (Lipinski definition) is 7. The molecule has 0 bridgehead atoms. The number of rotatable bonds is 14. The second-order valence-electron chi connectivity index (χ2n) is 14.6. The Kier molecular flexibility index (Phi) is 18.7. The molecule has 308 valence electrons. The van der Waals surface area contributed by atoms with Crippen molar-refractivity contribution in [1.29, 1.82) is 0 Å². The van der Waals surface area contributed by atoms with E-state index in [2.05, 4.69) is 45.6 Å². The van der Waals surface area contributed by atoms with Gasteiger partial charge < -0.3 is 51.6 Å². The lowest BCUT2D eigenvalue weighted by atomic mass is 10.0. The Balaban J connectivity index is 1.74. The molecule has 4 atom stereocenters. The van der Waals surface area contributed by atoms with E-state index in [1.807, 2.05) is 24.3 Å². The van der Waals surface area contributed by atoms with Crippen molar-refractivity contribution in [2.24, 2.45) is 5.73 Å². The standard InChI is InChI=1S/C40H58N6O10/c1-5-6-11-26-13-15-27(16-14-26)28-17-19-29(20-18-28)34(47)43-30(12-7-8-21-42-39(53)56-40(2,3)4)35(48)44-31-24-54-22-9-10-23-55-25-32(38(51)52)45-37(50)33(41)46-36(31)49/h13-20,30-33H,5-12,21-25,41H2,1-4H3,(H,42,53)(H,43,47)(H,44,48)(H,45,50)(H,46,49)(H,51,52)/t30-,31-,32-,33+/m0/s1. The van der Waals surface area contributed by atoms with Gasteiger partial charge in [-0.25, -0.2) is 9.59 Å². The van der Waals surface area contributed by atoms with E-state index in [4.69, 9.17) is 19.9 Å². The molecule has 0 radical (unpaired) electrons. The second kappa shape index (κ2) is 23.1. The van der Waals surface area contributed by atoms with Crippen LogP contribution in [0.2, 0.25) is 0 Å². The van der Waals surface area contributed by atoms with Gasteiger partial charge in [-0.15, -0.1) is 0 Å². The molecule has 2 aromatic carbocycles. The van der Waals surface area contributed by atoms with E-state index in [-0.39, 0.29) is 39.4 Å². The minimum atomic E-state index is -1.66. The van der Waals surface area contributed by atoms with Gasteiger partial charge in [0.15, 0.2) is 12.2 Å². The number of aliphatic carboxylic acids is 1. The summed E-state index contributed by atoms with van der Waals surface area (Å²) in [4.78, 5) is 77.1. The molecule has 16 nitrogen and oxygen atoms in total. The number of hydrogen-bond acceptors (Lipinski definition) is 10. The van der Waals surface area contributed by atoms with Gasteiger partial charge in [-0.3, -0.25) is 19.2 Å². The third-order valence-corrected chi connectivity index (χ3v) is 8.69. The summed E-state index contributed by atoms with van der Waals surface area (Å²) in [6, 6.07) is 11.4. The average Bonchev–Trinajstić information content (AvgIpc) is 3.15. The minimum absolute atomic E-state index is 0.143. The van der Waals surface area contributed by atoms with Crippen LogP contribution in [0.4, 0.5) is 4.79 Å². The molecule has 0 saturated carbocycles. The summed E-state index contributed by atoms with van der Waals surface area (Å²) in [6.45, 7) is 7.47. The van der Waals surface area contributed by atoms with Gasteiger partial charge in [-0.05, 0) is 94.5 Å². The molecule has 1 fully saturated rings. The van der Waals surface area contributed by atoms with Crippen LogP contribution in [0.3, 0.4) is 0 Å². The van der Waals surface area contributed by atoms with Crippen molar-refractivity contribution < 1.29 is 48.1 Å². The van der Waals surface area contributed by atoms with Crippen molar-refractivity contribution in [1.82, 2.24) is 26.6 Å². The molecule has 3 rings (SSSR count). The topological polar surface area (TPSA) is 237 Å². The van der Waals surface area contributed by atoms with Crippen LogP contribution in [-0.2, 0) is 39.8 Å². The fourth-order valence-corrected chi connectivity index (χ4v) is 5.57. The first kappa shape index (κ1) is 45.3. The Bertz CT molecular complexity index is 1600. The molecule has 0 unspecified atom stereocenters. The molecule has 2 aromatic rings. The number of carbonyl (C=O) groups excluding carboxylic acids is 5. The fourth-order valence-electron chi connectivity index (χ4n) is 5.57. The lowest BCUT2D eigenvalue weighted by Gasteiger charge is -2.25. The molecule has 0 spiro atoms. The molecule has 1 aliphatic heterocycles. The van der Waals surface area contributed by atoms with Gasteiger partial charge in [0.05, 0.1) is 13.2 Å². The number of benzene rings is 2. The van der Waals surface area contributed by atoms with E-state index in [1.54, 1.807) is 32.9 Å². The van der Waals surface area contributed by atoms with Gasteiger partial charge >= 0.3 is 12.1 Å². The quantitative estimate of drug-likeness (QED) is 0.138. The maximum atomic E-state index is 13.8. The normalized spacial score (nSPS) is 19.2.